The molecule has 2 aromatic rings. The molecule has 5 nitrogen and oxygen atoms in total. The zero-order chi connectivity index (χ0) is 14.1. The van der Waals surface area contributed by atoms with Gasteiger partial charge in [-0.3, -0.25) is 14.7 Å². The molecular weight excluding hydrogens is 278 g/mol. The maximum atomic E-state index is 12.6. The first-order valence-electron chi connectivity index (χ1n) is 6.20. The molecule has 0 radical (unpaired) electrons. The molecule has 1 amide bonds. The zero-order valence-electron chi connectivity index (χ0n) is 10.8. The monoisotopic (exact) mass is 289 g/mol. The van der Waals surface area contributed by atoms with Gasteiger partial charge in [-0.05, 0) is 19.1 Å². The fourth-order valence-corrected chi connectivity index (χ4v) is 2.33. The summed E-state index contributed by atoms with van der Waals surface area (Å²) in [6.45, 7) is 2.36. The van der Waals surface area contributed by atoms with Gasteiger partial charge in [0, 0.05) is 0 Å². The van der Waals surface area contributed by atoms with Crippen molar-refractivity contribution in [1.82, 2.24) is 9.97 Å². The van der Waals surface area contributed by atoms with Crippen molar-refractivity contribution in [2.24, 2.45) is 0 Å². The number of carbonyl (C=O) groups excluding carboxylic acids is 1. The lowest BCUT2D eigenvalue weighted by atomic mass is 10.1. The summed E-state index contributed by atoms with van der Waals surface area (Å²) in [5, 5.41) is 0.199. The predicted molar refractivity (Wildman–Crippen MR) is 75.3 cm³/mol. The Kier molecular flexibility index (Phi) is 3.28. The molecule has 1 aliphatic rings. The van der Waals surface area contributed by atoms with E-state index in [0.29, 0.717) is 12.4 Å². The number of hydrogen-bond donors (Lipinski definition) is 0. The molecule has 0 bridgehead atoms. The average molecular weight is 290 g/mol. The predicted octanol–water partition coefficient (Wildman–Crippen LogP) is 2.56. The van der Waals surface area contributed by atoms with Gasteiger partial charge >= 0.3 is 0 Å². The first kappa shape index (κ1) is 12.9. The van der Waals surface area contributed by atoms with Gasteiger partial charge < -0.3 is 4.74 Å². The summed E-state index contributed by atoms with van der Waals surface area (Å²) in [6.07, 6.45) is 2.81. The first-order chi connectivity index (χ1) is 9.66. The fraction of sp³-hybridized carbons (Fsp3) is 0.214. The number of fused-ring (bicyclic) bond motifs is 1. The van der Waals surface area contributed by atoms with Crippen LogP contribution in [0.2, 0.25) is 5.15 Å². The van der Waals surface area contributed by atoms with Gasteiger partial charge in [0.05, 0.1) is 24.1 Å². The topological polar surface area (TPSA) is 55.3 Å². The minimum absolute atomic E-state index is 0.0850. The van der Waals surface area contributed by atoms with Crippen molar-refractivity contribution in [2.45, 2.75) is 13.0 Å². The van der Waals surface area contributed by atoms with Crippen LogP contribution < -0.4 is 9.64 Å². The third kappa shape index (κ3) is 2.20. The molecule has 0 saturated heterocycles. The van der Waals surface area contributed by atoms with Crippen molar-refractivity contribution < 1.29 is 9.53 Å². The van der Waals surface area contributed by atoms with Crippen LogP contribution in [0.15, 0.2) is 36.7 Å². The highest BCUT2D eigenvalue weighted by atomic mass is 35.5. The van der Waals surface area contributed by atoms with Crippen LogP contribution in [0.3, 0.4) is 0 Å². The summed E-state index contributed by atoms with van der Waals surface area (Å²) >= 11 is 5.80. The maximum Gasteiger partial charge on any atom is 0.279 e. The van der Waals surface area contributed by atoms with Gasteiger partial charge in [0.2, 0.25) is 0 Å². The van der Waals surface area contributed by atoms with E-state index in [0.717, 1.165) is 5.69 Å². The van der Waals surface area contributed by atoms with Crippen molar-refractivity contribution in [2.75, 3.05) is 11.5 Å². The quantitative estimate of drug-likeness (QED) is 0.809. The Hall–Kier alpha value is -2.14. The zero-order valence-corrected chi connectivity index (χ0v) is 11.5. The number of hydrogen-bond acceptors (Lipinski definition) is 4. The van der Waals surface area contributed by atoms with Crippen LogP contribution in [0.1, 0.15) is 17.4 Å². The molecule has 0 saturated carbocycles. The Labute approximate surface area is 121 Å². The number of aromatic nitrogens is 2. The van der Waals surface area contributed by atoms with Crippen LogP contribution in [0.5, 0.6) is 5.75 Å². The van der Waals surface area contributed by atoms with Gasteiger partial charge in [0.25, 0.3) is 5.91 Å². The molecule has 1 aliphatic heterocycles. The molecule has 1 atom stereocenters. The van der Waals surface area contributed by atoms with E-state index in [9.17, 15) is 4.79 Å². The SMILES string of the molecule is CC1COc2ccccc2N1C(=O)c1cncc(Cl)n1. The number of rotatable bonds is 1. The van der Waals surface area contributed by atoms with Crippen LogP contribution in [0.4, 0.5) is 5.69 Å². The van der Waals surface area contributed by atoms with Gasteiger partial charge in [-0.2, -0.15) is 0 Å². The molecule has 6 heteroatoms. The highest BCUT2D eigenvalue weighted by molar-refractivity contribution is 6.29. The van der Waals surface area contributed by atoms with E-state index in [-0.39, 0.29) is 22.8 Å². The van der Waals surface area contributed by atoms with E-state index in [4.69, 9.17) is 16.3 Å². The number of halogens is 1. The van der Waals surface area contributed by atoms with Crippen molar-refractivity contribution in [3.05, 3.63) is 47.5 Å². The molecular formula is C14H12ClN3O2. The standard InChI is InChI=1S/C14H12ClN3O2/c1-9-8-20-12-5-3-2-4-11(12)18(9)14(19)10-6-16-7-13(15)17-10/h2-7,9H,8H2,1H3. The van der Waals surface area contributed by atoms with Crippen LogP contribution in [-0.4, -0.2) is 28.5 Å². The number of benzene rings is 1. The summed E-state index contributed by atoms with van der Waals surface area (Å²) in [5.41, 5.74) is 0.957. The second kappa shape index (κ2) is 5.09. The molecule has 1 aromatic heterocycles. The Bertz CT molecular complexity index is 662. The molecule has 1 unspecified atom stereocenters. The van der Waals surface area contributed by atoms with Gasteiger partial charge in [-0.15, -0.1) is 0 Å². The summed E-state index contributed by atoms with van der Waals surface area (Å²) < 4.78 is 5.62. The average Bonchev–Trinajstić information content (AvgIpc) is 2.46. The van der Waals surface area contributed by atoms with Crippen LogP contribution in [0, 0.1) is 0 Å². The molecule has 2 heterocycles. The van der Waals surface area contributed by atoms with E-state index >= 15 is 0 Å². The highest BCUT2D eigenvalue weighted by Gasteiger charge is 2.30. The number of anilines is 1. The summed E-state index contributed by atoms with van der Waals surface area (Å²) in [5.74, 6) is 0.456. The van der Waals surface area contributed by atoms with Gasteiger partial charge in [0.1, 0.15) is 23.2 Å². The van der Waals surface area contributed by atoms with Crippen molar-refractivity contribution in [1.29, 1.82) is 0 Å². The van der Waals surface area contributed by atoms with E-state index in [2.05, 4.69) is 9.97 Å². The lowest BCUT2D eigenvalue weighted by molar-refractivity contribution is 0.0955. The van der Waals surface area contributed by atoms with Crippen LogP contribution in [0.25, 0.3) is 0 Å². The lowest BCUT2D eigenvalue weighted by Gasteiger charge is -2.34. The van der Waals surface area contributed by atoms with Crippen molar-refractivity contribution in [3.63, 3.8) is 0 Å². The molecule has 102 valence electrons. The van der Waals surface area contributed by atoms with Crippen molar-refractivity contribution in [3.8, 4) is 5.75 Å². The number of nitrogens with zero attached hydrogens (tertiary/aromatic N) is 3. The second-order valence-corrected chi connectivity index (χ2v) is 4.92. The molecule has 0 N–H and O–H groups in total. The maximum absolute atomic E-state index is 12.6. The lowest BCUT2D eigenvalue weighted by Crippen LogP contribution is -2.45. The third-order valence-electron chi connectivity index (χ3n) is 3.09. The van der Waals surface area contributed by atoms with Crippen LogP contribution in [-0.2, 0) is 0 Å². The van der Waals surface area contributed by atoms with E-state index in [1.54, 1.807) is 4.90 Å². The summed E-state index contributed by atoms with van der Waals surface area (Å²) in [4.78, 5) is 22.2. The first-order valence-corrected chi connectivity index (χ1v) is 6.57. The largest absolute Gasteiger partial charge is 0.489 e. The molecule has 0 aliphatic carbocycles. The Balaban J connectivity index is 2.03. The number of carbonyl (C=O) groups is 1. The fourth-order valence-electron chi connectivity index (χ4n) is 2.18. The number of ether oxygens (including phenoxy) is 1. The third-order valence-corrected chi connectivity index (χ3v) is 3.27. The molecule has 1 aromatic carbocycles. The second-order valence-electron chi connectivity index (χ2n) is 4.53. The smallest absolute Gasteiger partial charge is 0.279 e. The molecule has 0 spiro atoms. The summed E-state index contributed by atoms with van der Waals surface area (Å²) in [6, 6.07) is 7.34. The van der Waals surface area contributed by atoms with E-state index < -0.39 is 0 Å². The Morgan fingerprint density at radius 2 is 2.20 bits per heavy atom. The minimum atomic E-state index is -0.233. The Morgan fingerprint density at radius 1 is 1.40 bits per heavy atom. The minimum Gasteiger partial charge on any atom is -0.489 e. The van der Waals surface area contributed by atoms with Gasteiger partial charge in [-0.25, -0.2) is 4.98 Å². The summed E-state index contributed by atoms with van der Waals surface area (Å²) in [7, 11) is 0. The number of amides is 1. The van der Waals surface area contributed by atoms with Crippen LogP contribution >= 0.6 is 11.6 Å². The van der Waals surface area contributed by atoms with E-state index in [1.165, 1.54) is 12.4 Å². The van der Waals surface area contributed by atoms with Gasteiger partial charge in [-0.1, -0.05) is 23.7 Å². The molecule has 0 fully saturated rings. The van der Waals surface area contributed by atoms with E-state index in [1.807, 2.05) is 31.2 Å². The van der Waals surface area contributed by atoms with Gasteiger partial charge in [0.15, 0.2) is 0 Å². The molecule has 3 rings (SSSR count). The number of para-hydroxylation sites is 2. The normalized spacial score (nSPS) is 17.3. The Morgan fingerprint density at radius 3 is 3.00 bits per heavy atom. The van der Waals surface area contributed by atoms with Crippen molar-refractivity contribution >= 4 is 23.2 Å². The molecule has 20 heavy (non-hydrogen) atoms. The highest BCUT2D eigenvalue weighted by Crippen LogP contribution is 2.34.